The van der Waals surface area contributed by atoms with Crippen LogP contribution in [-0.2, 0) is 0 Å². The van der Waals surface area contributed by atoms with Crippen molar-refractivity contribution in [1.82, 2.24) is 10.2 Å². The lowest BCUT2D eigenvalue weighted by molar-refractivity contribution is 0.0988. The molecule has 0 spiro atoms. The van der Waals surface area contributed by atoms with Gasteiger partial charge >= 0.3 is 0 Å². The molecule has 6 heteroatoms. The molecule has 0 radical (unpaired) electrons. The highest BCUT2D eigenvalue weighted by molar-refractivity contribution is 7.10. The normalized spacial score (nSPS) is 12.4. The molecule has 1 unspecified atom stereocenters. The highest BCUT2D eigenvalue weighted by atomic mass is 35.5. The average molecular weight is 353 g/mol. The Hall–Kier alpha value is -1.40. The van der Waals surface area contributed by atoms with Crippen LogP contribution in [0.15, 0.2) is 35.7 Å². The van der Waals surface area contributed by atoms with E-state index in [1.807, 2.05) is 20.2 Å². The lowest BCUT2D eigenvalue weighted by Gasteiger charge is -2.23. The largest absolute Gasteiger partial charge is 0.495 e. The first kappa shape index (κ1) is 17.9. The molecule has 0 aliphatic heterocycles. The van der Waals surface area contributed by atoms with E-state index in [0.717, 1.165) is 0 Å². The molecule has 0 fully saturated rings. The van der Waals surface area contributed by atoms with Crippen molar-refractivity contribution in [2.24, 2.45) is 0 Å². The summed E-state index contributed by atoms with van der Waals surface area (Å²) in [6, 6.07) is 9.50. The summed E-state index contributed by atoms with van der Waals surface area (Å²) in [6.45, 7) is 0.988. The first-order valence-corrected chi connectivity index (χ1v) is 8.56. The van der Waals surface area contributed by atoms with Crippen LogP contribution in [0.5, 0.6) is 5.75 Å². The Morgan fingerprint density at radius 1 is 1.39 bits per heavy atom. The second kappa shape index (κ2) is 8.45. The number of carbonyl (C=O) groups is 1. The fraction of sp³-hybridized carbons (Fsp3) is 0.353. The zero-order chi connectivity index (χ0) is 16.8. The van der Waals surface area contributed by atoms with Crippen LogP contribution in [-0.4, -0.2) is 45.0 Å². The number of rotatable bonds is 8. The molecule has 2 aromatic rings. The van der Waals surface area contributed by atoms with Gasteiger partial charge in [0.15, 0.2) is 5.78 Å². The Kier molecular flexibility index (Phi) is 6.59. The zero-order valence-electron chi connectivity index (χ0n) is 13.5. The summed E-state index contributed by atoms with van der Waals surface area (Å²) in [4.78, 5) is 15.7. The van der Waals surface area contributed by atoms with E-state index in [4.69, 9.17) is 16.3 Å². The van der Waals surface area contributed by atoms with Gasteiger partial charge in [0.1, 0.15) is 5.75 Å². The van der Waals surface area contributed by atoms with E-state index in [1.54, 1.807) is 36.6 Å². The molecular formula is C17H21ClN2O2S. The molecule has 0 aliphatic rings. The predicted octanol–water partition coefficient (Wildman–Crippen LogP) is 3.49. The Balaban J connectivity index is 1.92. The van der Waals surface area contributed by atoms with Crippen molar-refractivity contribution in [1.29, 1.82) is 0 Å². The van der Waals surface area contributed by atoms with Gasteiger partial charge in [0.2, 0.25) is 0 Å². The number of carbonyl (C=O) groups excluding carboxylic acids is 1. The van der Waals surface area contributed by atoms with Crippen LogP contribution in [0.1, 0.15) is 21.3 Å². The van der Waals surface area contributed by atoms with E-state index in [2.05, 4.69) is 21.7 Å². The number of Topliss-reactive ketones (excluding diaryl/α,β-unsaturated/α-hetero) is 1. The van der Waals surface area contributed by atoms with Crippen molar-refractivity contribution in [2.45, 2.75) is 6.04 Å². The van der Waals surface area contributed by atoms with E-state index in [1.165, 1.54) is 4.88 Å². The highest BCUT2D eigenvalue weighted by Gasteiger charge is 2.16. The number of ketones is 1. The monoisotopic (exact) mass is 352 g/mol. The van der Waals surface area contributed by atoms with Crippen LogP contribution in [0.2, 0.25) is 5.02 Å². The van der Waals surface area contributed by atoms with Gasteiger partial charge in [-0.1, -0.05) is 17.7 Å². The topological polar surface area (TPSA) is 41.6 Å². The third-order valence-electron chi connectivity index (χ3n) is 3.59. The summed E-state index contributed by atoms with van der Waals surface area (Å²) in [6.07, 6.45) is 0. The molecule has 2 rings (SSSR count). The fourth-order valence-corrected chi connectivity index (χ4v) is 3.46. The van der Waals surface area contributed by atoms with Gasteiger partial charge in [-0.3, -0.25) is 4.79 Å². The van der Waals surface area contributed by atoms with E-state index in [9.17, 15) is 4.79 Å². The number of likely N-dealkylation sites (N-methyl/N-ethyl adjacent to an activating group) is 1. The van der Waals surface area contributed by atoms with Crippen LogP contribution in [0.4, 0.5) is 0 Å². The van der Waals surface area contributed by atoms with Gasteiger partial charge in [-0.15, -0.1) is 11.3 Å². The summed E-state index contributed by atoms with van der Waals surface area (Å²) in [5, 5.41) is 5.76. The third-order valence-corrected chi connectivity index (χ3v) is 4.86. The van der Waals surface area contributed by atoms with Crippen molar-refractivity contribution in [3.8, 4) is 5.75 Å². The Morgan fingerprint density at radius 3 is 2.74 bits per heavy atom. The van der Waals surface area contributed by atoms with Crippen LogP contribution in [0.3, 0.4) is 0 Å². The van der Waals surface area contributed by atoms with Crippen LogP contribution in [0, 0.1) is 0 Å². The number of hydrogen-bond acceptors (Lipinski definition) is 5. The van der Waals surface area contributed by atoms with Crippen molar-refractivity contribution in [3.63, 3.8) is 0 Å². The van der Waals surface area contributed by atoms with Crippen LogP contribution >= 0.6 is 22.9 Å². The first-order chi connectivity index (χ1) is 11.0. The summed E-state index contributed by atoms with van der Waals surface area (Å²) in [5.41, 5.74) is 0.584. The summed E-state index contributed by atoms with van der Waals surface area (Å²) < 4.78 is 5.10. The minimum absolute atomic E-state index is 0.0123. The highest BCUT2D eigenvalue weighted by Crippen LogP contribution is 2.25. The van der Waals surface area contributed by atoms with Gasteiger partial charge in [-0.25, -0.2) is 0 Å². The molecule has 0 bridgehead atoms. The molecule has 0 aliphatic carbocycles. The van der Waals surface area contributed by atoms with Crippen molar-refractivity contribution < 1.29 is 9.53 Å². The molecule has 0 saturated heterocycles. The van der Waals surface area contributed by atoms with E-state index in [-0.39, 0.29) is 18.4 Å². The van der Waals surface area contributed by atoms with Crippen molar-refractivity contribution >= 4 is 28.7 Å². The maximum atomic E-state index is 12.3. The molecule has 0 amide bonds. The molecule has 1 N–H and O–H groups in total. The standard InChI is InChI=1S/C17H21ClN2O2S/c1-20(2)14(17-5-4-8-23-17)10-19-11-15(21)12-6-7-16(22-3)13(18)9-12/h4-9,14,19H,10-11H2,1-3H3. The number of hydrogen-bond donors (Lipinski definition) is 1. The summed E-state index contributed by atoms with van der Waals surface area (Å²) in [5.74, 6) is 0.583. The molecule has 23 heavy (non-hydrogen) atoms. The third kappa shape index (κ3) is 4.78. The number of nitrogens with zero attached hydrogens (tertiary/aromatic N) is 1. The van der Waals surface area contributed by atoms with Gasteiger partial charge in [0, 0.05) is 17.0 Å². The number of benzene rings is 1. The lowest BCUT2D eigenvalue weighted by atomic mass is 10.1. The average Bonchev–Trinajstić information content (AvgIpc) is 3.04. The number of methoxy groups -OCH3 is 1. The number of halogens is 1. The molecule has 1 heterocycles. The van der Waals surface area contributed by atoms with E-state index < -0.39 is 0 Å². The molecule has 1 aromatic carbocycles. The second-order valence-corrected chi connectivity index (χ2v) is 6.78. The summed E-state index contributed by atoms with van der Waals surface area (Å²) >= 11 is 7.79. The predicted molar refractivity (Wildman–Crippen MR) is 96.0 cm³/mol. The van der Waals surface area contributed by atoms with Gasteiger partial charge in [-0.2, -0.15) is 0 Å². The van der Waals surface area contributed by atoms with E-state index in [0.29, 0.717) is 22.9 Å². The molecule has 1 aromatic heterocycles. The quantitative estimate of drug-likeness (QED) is 0.738. The molecule has 4 nitrogen and oxygen atoms in total. The Labute approximate surface area is 146 Å². The Morgan fingerprint density at radius 2 is 2.17 bits per heavy atom. The SMILES string of the molecule is COc1ccc(C(=O)CNCC(c2cccs2)N(C)C)cc1Cl. The van der Waals surface area contributed by atoms with Gasteiger partial charge in [0.25, 0.3) is 0 Å². The minimum Gasteiger partial charge on any atom is -0.495 e. The maximum Gasteiger partial charge on any atom is 0.176 e. The summed E-state index contributed by atoms with van der Waals surface area (Å²) in [7, 11) is 5.63. The fourth-order valence-electron chi connectivity index (χ4n) is 2.28. The lowest BCUT2D eigenvalue weighted by Crippen LogP contribution is -2.33. The van der Waals surface area contributed by atoms with Crippen molar-refractivity contribution in [3.05, 3.63) is 51.2 Å². The van der Waals surface area contributed by atoms with Gasteiger partial charge in [0.05, 0.1) is 24.7 Å². The van der Waals surface area contributed by atoms with Crippen LogP contribution < -0.4 is 10.1 Å². The van der Waals surface area contributed by atoms with Gasteiger partial charge in [-0.05, 0) is 43.7 Å². The smallest absolute Gasteiger partial charge is 0.176 e. The molecular weight excluding hydrogens is 332 g/mol. The number of thiophene rings is 1. The number of nitrogens with one attached hydrogen (secondary N) is 1. The molecule has 124 valence electrons. The molecule has 0 saturated carbocycles. The number of ether oxygens (including phenoxy) is 1. The van der Waals surface area contributed by atoms with Gasteiger partial charge < -0.3 is 15.0 Å². The van der Waals surface area contributed by atoms with Crippen molar-refractivity contribution in [2.75, 3.05) is 34.3 Å². The second-order valence-electron chi connectivity index (χ2n) is 5.40. The minimum atomic E-state index is 0.0123. The molecule has 1 atom stereocenters. The zero-order valence-corrected chi connectivity index (χ0v) is 15.1. The maximum absolute atomic E-state index is 12.3. The van der Waals surface area contributed by atoms with Crippen LogP contribution in [0.25, 0.3) is 0 Å². The first-order valence-electron chi connectivity index (χ1n) is 7.30. The van der Waals surface area contributed by atoms with E-state index >= 15 is 0 Å². The Bertz CT molecular complexity index is 644.